The summed E-state index contributed by atoms with van der Waals surface area (Å²) in [7, 11) is 0. The van der Waals surface area contributed by atoms with E-state index in [1.165, 1.54) is 0 Å². The summed E-state index contributed by atoms with van der Waals surface area (Å²) in [6.07, 6.45) is 0. The number of ether oxygens (including phenoxy) is 1. The third-order valence-electron chi connectivity index (χ3n) is 2.68. The van der Waals surface area contributed by atoms with Gasteiger partial charge in [0.05, 0.1) is 6.61 Å². The van der Waals surface area contributed by atoms with Gasteiger partial charge in [0.2, 0.25) is 0 Å². The molecule has 0 aliphatic carbocycles. The molecule has 1 rings (SSSR count). The highest BCUT2D eigenvalue weighted by Crippen LogP contribution is 2.20. The molecule has 0 bridgehead atoms. The number of aryl methyl sites for hydroxylation is 2. The van der Waals surface area contributed by atoms with Crippen molar-refractivity contribution in [2.24, 2.45) is 0 Å². The third-order valence-corrected chi connectivity index (χ3v) is 2.68. The van der Waals surface area contributed by atoms with E-state index in [0.717, 1.165) is 23.2 Å². The van der Waals surface area contributed by atoms with Crippen LogP contribution < -0.4 is 5.32 Å². The fraction of sp³-hybridized carbons (Fsp3) is 0.500. The van der Waals surface area contributed by atoms with Crippen molar-refractivity contribution in [1.29, 1.82) is 0 Å². The second-order valence-corrected chi connectivity index (χ2v) is 4.10. The van der Waals surface area contributed by atoms with Gasteiger partial charge in [-0.2, -0.15) is 0 Å². The minimum Gasteiger partial charge on any atom is -0.465 e. The third kappa shape index (κ3) is 3.56. The lowest BCUT2D eigenvalue weighted by Crippen LogP contribution is -2.30. The van der Waals surface area contributed by atoms with Crippen LogP contribution in [0.1, 0.15) is 36.6 Å². The lowest BCUT2D eigenvalue weighted by Gasteiger charge is -2.19. The number of esters is 1. The fourth-order valence-electron chi connectivity index (χ4n) is 1.82. The number of hydrogen-bond acceptors (Lipinski definition) is 3. The molecule has 0 radical (unpaired) electrons. The summed E-state index contributed by atoms with van der Waals surface area (Å²) in [5.41, 5.74) is 3.26. The molecule has 17 heavy (non-hydrogen) atoms. The fourth-order valence-corrected chi connectivity index (χ4v) is 1.82. The Morgan fingerprint density at radius 2 is 2.06 bits per heavy atom. The highest BCUT2D eigenvalue weighted by atomic mass is 16.5. The van der Waals surface area contributed by atoms with Crippen molar-refractivity contribution in [2.45, 2.75) is 33.7 Å². The summed E-state index contributed by atoms with van der Waals surface area (Å²) >= 11 is 0. The largest absolute Gasteiger partial charge is 0.465 e. The Labute approximate surface area is 103 Å². The quantitative estimate of drug-likeness (QED) is 0.797. The second kappa shape index (κ2) is 6.40. The molecule has 3 nitrogen and oxygen atoms in total. The summed E-state index contributed by atoms with van der Waals surface area (Å²) in [6, 6.07) is 5.76. The van der Waals surface area contributed by atoms with E-state index >= 15 is 0 Å². The van der Waals surface area contributed by atoms with E-state index in [1.54, 1.807) is 0 Å². The number of hydrogen-bond donors (Lipinski definition) is 1. The number of carbonyl (C=O) groups excluding carboxylic acids is 1. The Bertz CT molecular complexity index is 388. The highest BCUT2D eigenvalue weighted by Gasteiger charge is 2.22. The highest BCUT2D eigenvalue weighted by molar-refractivity contribution is 5.78. The zero-order valence-corrected chi connectivity index (χ0v) is 11.0. The zero-order chi connectivity index (χ0) is 12.8. The van der Waals surface area contributed by atoms with Crippen molar-refractivity contribution in [2.75, 3.05) is 13.2 Å². The van der Waals surface area contributed by atoms with Crippen LogP contribution in [-0.2, 0) is 9.53 Å². The molecule has 1 N–H and O–H groups in total. The minimum atomic E-state index is -0.361. The first-order valence-corrected chi connectivity index (χ1v) is 6.07. The maximum absolute atomic E-state index is 11.9. The van der Waals surface area contributed by atoms with Crippen molar-refractivity contribution in [3.05, 3.63) is 34.9 Å². The van der Waals surface area contributed by atoms with E-state index in [-0.39, 0.29) is 12.0 Å². The van der Waals surface area contributed by atoms with Crippen LogP contribution in [0.15, 0.2) is 18.2 Å². The van der Waals surface area contributed by atoms with Crippen molar-refractivity contribution >= 4 is 5.97 Å². The molecule has 1 atom stereocenters. The van der Waals surface area contributed by atoms with Crippen molar-refractivity contribution in [1.82, 2.24) is 5.32 Å². The van der Waals surface area contributed by atoms with Crippen LogP contribution in [0.25, 0.3) is 0 Å². The van der Waals surface area contributed by atoms with Gasteiger partial charge in [0.25, 0.3) is 0 Å². The Morgan fingerprint density at radius 1 is 1.35 bits per heavy atom. The molecule has 0 aromatic heterocycles. The first kappa shape index (κ1) is 13.7. The molecule has 0 fully saturated rings. The van der Waals surface area contributed by atoms with E-state index < -0.39 is 0 Å². The van der Waals surface area contributed by atoms with E-state index in [1.807, 2.05) is 45.9 Å². The van der Waals surface area contributed by atoms with Crippen LogP contribution >= 0.6 is 0 Å². The average molecular weight is 235 g/mol. The first-order valence-electron chi connectivity index (χ1n) is 6.07. The molecule has 0 aliphatic heterocycles. The molecule has 1 aromatic rings. The molecule has 94 valence electrons. The Morgan fingerprint density at radius 3 is 2.65 bits per heavy atom. The Kier molecular flexibility index (Phi) is 5.16. The predicted octanol–water partition coefficient (Wildman–Crippen LogP) is 2.52. The summed E-state index contributed by atoms with van der Waals surface area (Å²) in [4.78, 5) is 11.9. The molecular weight excluding hydrogens is 214 g/mol. The lowest BCUT2D eigenvalue weighted by atomic mass is 9.99. The first-order chi connectivity index (χ1) is 8.10. The van der Waals surface area contributed by atoms with Gasteiger partial charge < -0.3 is 10.1 Å². The second-order valence-electron chi connectivity index (χ2n) is 4.10. The number of carbonyl (C=O) groups is 1. The van der Waals surface area contributed by atoms with E-state index in [0.29, 0.717) is 6.61 Å². The Balaban J connectivity index is 3.04. The van der Waals surface area contributed by atoms with Crippen LogP contribution in [0.5, 0.6) is 0 Å². The number of benzene rings is 1. The number of nitrogens with one attached hydrogen (secondary N) is 1. The van der Waals surface area contributed by atoms with Crippen molar-refractivity contribution in [3.63, 3.8) is 0 Å². The SMILES string of the molecule is CCNC(C(=O)OCC)c1cc(C)ccc1C. The molecule has 1 unspecified atom stereocenters. The minimum absolute atomic E-state index is 0.206. The van der Waals surface area contributed by atoms with Gasteiger partial charge >= 0.3 is 5.97 Å². The number of likely N-dealkylation sites (N-methyl/N-ethyl adjacent to an activating group) is 1. The molecule has 0 aliphatic rings. The van der Waals surface area contributed by atoms with Crippen LogP contribution in [0, 0.1) is 13.8 Å². The van der Waals surface area contributed by atoms with Crippen LogP contribution in [-0.4, -0.2) is 19.1 Å². The summed E-state index contributed by atoms with van der Waals surface area (Å²) < 4.78 is 5.10. The maximum atomic E-state index is 11.9. The molecule has 0 saturated carbocycles. The van der Waals surface area contributed by atoms with Gasteiger partial charge in [0.15, 0.2) is 0 Å². The van der Waals surface area contributed by atoms with Crippen LogP contribution in [0.3, 0.4) is 0 Å². The molecule has 3 heteroatoms. The summed E-state index contributed by atoms with van der Waals surface area (Å²) in [5.74, 6) is -0.206. The molecule has 0 saturated heterocycles. The lowest BCUT2D eigenvalue weighted by molar-refractivity contribution is -0.145. The van der Waals surface area contributed by atoms with Gasteiger partial charge in [-0.1, -0.05) is 30.7 Å². The molecular formula is C14H21NO2. The Hall–Kier alpha value is -1.35. The van der Waals surface area contributed by atoms with Crippen molar-refractivity contribution < 1.29 is 9.53 Å². The maximum Gasteiger partial charge on any atom is 0.327 e. The van der Waals surface area contributed by atoms with Gasteiger partial charge in [0.1, 0.15) is 6.04 Å². The molecule has 0 spiro atoms. The molecule has 0 amide bonds. The van der Waals surface area contributed by atoms with Gasteiger partial charge in [-0.15, -0.1) is 0 Å². The van der Waals surface area contributed by atoms with Gasteiger partial charge in [-0.3, -0.25) is 0 Å². The standard InChI is InChI=1S/C14H21NO2/c1-5-15-13(14(16)17-6-2)12-9-10(3)7-8-11(12)4/h7-9,13,15H,5-6H2,1-4H3. The van der Waals surface area contributed by atoms with E-state index in [2.05, 4.69) is 5.32 Å². The van der Waals surface area contributed by atoms with Gasteiger partial charge in [-0.05, 0) is 38.4 Å². The van der Waals surface area contributed by atoms with Gasteiger partial charge in [0, 0.05) is 0 Å². The predicted molar refractivity (Wildman–Crippen MR) is 69.0 cm³/mol. The number of rotatable bonds is 5. The van der Waals surface area contributed by atoms with E-state index in [4.69, 9.17) is 4.74 Å². The molecule has 0 heterocycles. The topological polar surface area (TPSA) is 38.3 Å². The average Bonchev–Trinajstić information content (AvgIpc) is 2.30. The monoisotopic (exact) mass is 235 g/mol. The van der Waals surface area contributed by atoms with Crippen LogP contribution in [0.2, 0.25) is 0 Å². The zero-order valence-electron chi connectivity index (χ0n) is 11.0. The summed E-state index contributed by atoms with van der Waals surface area (Å²) in [5, 5.41) is 3.18. The van der Waals surface area contributed by atoms with Gasteiger partial charge in [-0.25, -0.2) is 4.79 Å². The van der Waals surface area contributed by atoms with Crippen molar-refractivity contribution in [3.8, 4) is 0 Å². The van der Waals surface area contributed by atoms with Crippen LogP contribution in [0.4, 0.5) is 0 Å². The normalized spacial score (nSPS) is 12.2. The molecule has 1 aromatic carbocycles. The smallest absolute Gasteiger partial charge is 0.327 e. The van der Waals surface area contributed by atoms with E-state index in [9.17, 15) is 4.79 Å². The summed E-state index contributed by atoms with van der Waals surface area (Å²) in [6.45, 7) is 8.99.